The molecule has 0 unspecified atom stereocenters. The smallest absolute Gasteiger partial charge is 0.334 e. The van der Waals surface area contributed by atoms with Crippen molar-refractivity contribution in [2.75, 3.05) is 27.6 Å². The third-order valence-electron chi connectivity index (χ3n) is 4.74. The highest BCUT2D eigenvalue weighted by Crippen LogP contribution is 2.35. The summed E-state index contributed by atoms with van der Waals surface area (Å²) in [4.78, 5) is 12.2. The molecule has 1 fully saturated rings. The summed E-state index contributed by atoms with van der Waals surface area (Å²) in [6, 6.07) is 11.4. The molecule has 2 heterocycles. The van der Waals surface area contributed by atoms with Crippen LogP contribution in [-0.4, -0.2) is 33.6 Å². The molecule has 0 aromatic heterocycles. The minimum atomic E-state index is -0.279. The molecule has 1 atom stereocenters. The van der Waals surface area contributed by atoms with Gasteiger partial charge in [-0.25, -0.2) is 4.79 Å². The lowest BCUT2D eigenvalue weighted by molar-refractivity contribution is -0.135. The maximum Gasteiger partial charge on any atom is 0.334 e. The van der Waals surface area contributed by atoms with Crippen molar-refractivity contribution in [3.8, 4) is 23.0 Å². The molecule has 2 aliphatic rings. The van der Waals surface area contributed by atoms with Crippen LogP contribution >= 0.6 is 0 Å². The highest BCUT2D eigenvalue weighted by molar-refractivity contribution is 5.96. The summed E-state index contributed by atoms with van der Waals surface area (Å²) in [5, 5.41) is 0. The van der Waals surface area contributed by atoms with Crippen LogP contribution in [0.25, 0.3) is 6.08 Å². The van der Waals surface area contributed by atoms with Gasteiger partial charge in [0.15, 0.2) is 23.0 Å². The number of hydrogen-bond donors (Lipinski definition) is 0. The fourth-order valence-electron chi connectivity index (χ4n) is 3.34. The average Bonchev–Trinajstić information content (AvgIpc) is 3.29. The number of ether oxygens (including phenoxy) is 5. The number of esters is 1. The van der Waals surface area contributed by atoms with Gasteiger partial charge in [0.05, 0.1) is 20.8 Å². The summed E-state index contributed by atoms with van der Waals surface area (Å²) < 4.78 is 26.7. The van der Waals surface area contributed by atoms with Gasteiger partial charge >= 0.3 is 5.97 Å². The van der Waals surface area contributed by atoms with Crippen LogP contribution in [0.5, 0.6) is 23.0 Å². The molecule has 0 amide bonds. The summed E-state index contributed by atoms with van der Waals surface area (Å²) in [6.45, 7) is 0.586. The Kier molecular flexibility index (Phi) is 4.62. The lowest BCUT2D eigenvalue weighted by Gasteiger charge is -2.12. The molecule has 6 heteroatoms. The standard InChI is InChI=1S/C21H20O6/c1-23-17-5-3-13(9-19(17)24-2)7-15-11-25-21(22)16(15)8-14-4-6-18-20(10-14)27-12-26-18/h3-6,8-10,15H,7,11-12H2,1-2H3/b16-8+/t15-/m0/s1. The fraction of sp³-hybridized carbons (Fsp3) is 0.286. The quantitative estimate of drug-likeness (QED) is 0.596. The first kappa shape index (κ1) is 17.3. The number of fused-ring (bicyclic) bond motifs is 1. The predicted octanol–water partition coefficient (Wildman–Crippen LogP) is 3.23. The molecule has 0 radical (unpaired) electrons. The summed E-state index contributed by atoms with van der Waals surface area (Å²) in [5.74, 6) is 2.44. The molecule has 2 aliphatic heterocycles. The molecule has 2 aromatic rings. The van der Waals surface area contributed by atoms with E-state index in [-0.39, 0.29) is 18.7 Å². The topological polar surface area (TPSA) is 63.2 Å². The first-order valence-corrected chi connectivity index (χ1v) is 8.67. The SMILES string of the molecule is COc1ccc(C[C@H]2COC(=O)/C2=C/c2ccc3c(c2)OCO3)cc1OC. The number of carbonyl (C=O) groups is 1. The van der Waals surface area contributed by atoms with E-state index in [1.165, 1.54) is 0 Å². The van der Waals surface area contributed by atoms with Gasteiger partial charge in [-0.1, -0.05) is 12.1 Å². The summed E-state index contributed by atoms with van der Waals surface area (Å²) in [5.41, 5.74) is 2.58. The summed E-state index contributed by atoms with van der Waals surface area (Å²) in [6.07, 6.45) is 2.53. The largest absolute Gasteiger partial charge is 0.493 e. The normalized spacial score (nSPS) is 19.3. The van der Waals surface area contributed by atoms with E-state index in [1.54, 1.807) is 14.2 Å². The Hall–Kier alpha value is -3.15. The molecule has 1 saturated heterocycles. The van der Waals surface area contributed by atoms with E-state index in [0.29, 0.717) is 41.6 Å². The molecule has 0 aliphatic carbocycles. The summed E-state index contributed by atoms with van der Waals surface area (Å²) >= 11 is 0. The van der Waals surface area contributed by atoms with Gasteiger partial charge < -0.3 is 23.7 Å². The molecule has 0 bridgehead atoms. The monoisotopic (exact) mass is 368 g/mol. The van der Waals surface area contributed by atoms with Crippen LogP contribution in [0.1, 0.15) is 11.1 Å². The van der Waals surface area contributed by atoms with Gasteiger partial charge in [0, 0.05) is 11.5 Å². The Morgan fingerprint density at radius 1 is 1.00 bits per heavy atom. The van der Waals surface area contributed by atoms with Crippen LogP contribution in [0, 0.1) is 5.92 Å². The van der Waals surface area contributed by atoms with Crippen molar-refractivity contribution in [1.82, 2.24) is 0 Å². The third kappa shape index (κ3) is 3.43. The molecule has 0 spiro atoms. The highest BCUT2D eigenvalue weighted by atomic mass is 16.7. The molecule has 0 N–H and O–H groups in total. The van der Waals surface area contributed by atoms with Crippen LogP contribution in [0.4, 0.5) is 0 Å². The van der Waals surface area contributed by atoms with Crippen molar-refractivity contribution >= 4 is 12.0 Å². The minimum absolute atomic E-state index is 0.0268. The van der Waals surface area contributed by atoms with Crippen LogP contribution in [0.2, 0.25) is 0 Å². The van der Waals surface area contributed by atoms with E-state index in [2.05, 4.69) is 0 Å². The predicted molar refractivity (Wildman–Crippen MR) is 98.2 cm³/mol. The zero-order valence-electron chi connectivity index (χ0n) is 15.2. The Labute approximate surface area is 157 Å². The van der Waals surface area contributed by atoms with Gasteiger partial charge in [0.25, 0.3) is 0 Å². The van der Waals surface area contributed by atoms with Gasteiger partial charge in [-0.05, 0) is 47.9 Å². The first-order chi connectivity index (χ1) is 13.2. The number of methoxy groups -OCH3 is 2. The van der Waals surface area contributed by atoms with E-state index in [0.717, 1.165) is 11.1 Å². The first-order valence-electron chi connectivity index (χ1n) is 8.67. The Morgan fingerprint density at radius 3 is 2.63 bits per heavy atom. The second-order valence-electron chi connectivity index (χ2n) is 6.40. The van der Waals surface area contributed by atoms with Gasteiger partial charge in [-0.15, -0.1) is 0 Å². The van der Waals surface area contributed by atoms with Gasteiger partial charge in [-0.2, -0.15) is 0 Å². The number of hydrogen-bond acceptors (Lipinski definition) is 6. The second-order valence-corrected chi connectivity index (χ2v) is 6.40. The van der Waals surface area contributed by atoms with Crippen molar-refractivity contribution in [2.24, 2.45) is 5.92 Å². The van der Waals surface area contributed by atoms with Crippen molar-refractivity contribution < 1.29 is 28.5 Å². The molecule has 6 nitrogen and oxygen atoms in total. The molecular formula is C21H20O6. The number of cyclic esters (lactones) is 1. The van der Waals surface area contributed by atoms with E-state index >= 15 is 0 Å². The number of benzene rings is 2. The van der Waals surface area contributed by atoms with E-state index in [1.807, 2.05) is 42.5 Å². The van der Waals surface area contributed by atoms with Crippen molar-refractivity contribution in [3.63, 3.8) is 0 Å². The highest BCUT2D eigenvalue weighted by Gasteiger charge is 2.31. The average molecular weight is 368 g/mol. The maximum absolute atomic E-state index is 12.2. The minimum Gasteiger partial charge on any atom is -0.493 e. The zero-order valence-corrected chi connectivity index (χ0v) is 15.2. The Balaban J connectivity index is 1.58. The maximum atomic E-state index is 12.2. The Bertz CT molecular complexity index is 902. The molecule has 4 rings (SSSR count). The van der Waals surface area contributed by atoms with E-state index in [4.69, 9.17) is 23.7 Å². The van der Waals surface area contributed by atoms with Crippen molar-refractivity contribution in [1.29, 1.82) is 0 Å². The zero-order chi connectivity index (χ0) is 18.8. The number of rotatable bonds is 5. The third-order valence-corrected chi connectivity index (χ3v) is 4.74. The molecule has 140 valence electrons. The summed E-state index contributed by atoms with van der Waals surface area (Å²) in [7, 11) is 3.21. The van der Waals surface area contributed by atoms with Crippen molar-refractivity contribution in [3.05, 3.63) is 53.1 Å². The second kappa shape index (κ2) is 7.23. The lowest BCUT2D eigenvalue weighted by atomic mass is 9.92. The van der Waals surface area contributed by atoms with Crippen molar-refractivity contribution in [2.45, 2.75) is 6.42 Å². The van der Waals surface area contributed by atoms with E-state index in [9.17, 15) is 4.79 Å². The van der Waals surface area contributed by atoms with Crippen LogP contribution in [0.15, 0.2) is 42.0 Å². The van der Waals surface area contributed by atoms with Gasteiger partial charge in [-0.3, -0.25) is 0 Å². The van der Waals surface area contributed by atoms with Crippen LogP contribution in [-0.2, 0) is 16.0 Å². The molecule has 2 aromatic carbocycles. The lowest BCUT2D eigenvalue weighted by Crippen LogP contribution is -2.08. The molecular weight excluding hydrogens is 348 g/mol. The fourth-order valence-corrected chi connectivity index (χ4v) is 3.34. The number of carbonyl (C=O) groups excluding carboxylic acids is 1. The van der Waals surface area contributed by atoms with Gasteiger partial charge in [0.1, 0.15) is 0 Å². The molecule has 27 heavy (non-hydrogen) atoms. The molecule has 0 saturated carbocycles. The van der Waals surface area contributed by atoms with Gasteiger partial charge in [0.2, 0.25) is 6.79 Å². The van der Waals surface area contributed by atoms with Crippen LogP contribution in [0.3, 0.4) is 0 Å². The Morgan fingerprint density at radius 2 is 1.81 bits per heavy atom. The van der Waals surface area contributed by atoms with E-state index < -0.39 is 0 Å². The van der Waals surface area contributed by atoms with Crippen LogP contribution < -0.4 is 18.9 Å².